The fraction of sp³-hybridized carbons (Fsp3) is 1.00. The zero-order valence-electron chi connectivity index (χ0n) is 12.3. The molecule has 0 radical (unpaired) electrons. The Morgan fingerprint density at radius 1 is 1.29 bits per heavy atom. The van der Waals surface area contributed by atoms with Gasteiger partial charge >= 0.3 is 0 Å². The van der Waals surface area contributed by atoms with Crippen LogP contribution in [0.5, 0.6) is 0 Å². The Morgan fingerprint density at radius 2 is 2.06 bits per heavy atom. The van der Waals surface area contributed by atoms with Crippen molar-refractivity contribution in [2.24, 2.45) is 5.92 Å². The lowest BCUT2D eigenvalue weighted by Gasteiger charge is -2.27. The van der Waals surface area contributed by atoms with Crippen LogP contribution in [-0.2, 0) is 0 Å². The summed E-state index contributed by atoms with van der Waals surface area (Å²) in [5.41, 5.74) is 0. The fourth-order valence-corrected chi connectivity index (χ4v) is 3.14. The molecule has 0 aromatic rings. The van der Waals surface area contributed by atoms with E-state index in [1.165, 1.54) is 45.1 Å². The average molecular weight is 240 g/mol. The Labute approximate surface area is 108 Å². The van der Waals surface area contributed by atoms with Crippen molar-refractivity contribution in [3.05, 3.63) is 0 Å². The number of nitrogens with one attached hydrogen (secondary N) is 1. The highest BCUT2D eigenvalue weighted by atomic mass is 15.1. The van der Waals surface area contributed by atoms with Crippen LogP contribution in [0.4, 0.5) is 0 Å². The molecule has 0 heterocycles. The quantitative estimate of drug-likeness (QED) is 0.700. The molecule has 1 aliphatic carbocycles. The topological polar surface area (TPSA) is 15.3 Å². The van der Waals surface area contributed by atoms with Crippen LogP contribution in [0, 0.1) is 5.92 Å². The van der Waals surface area contributed by atoms with E-state index >= 15 is 0 Å². The van der Waals surface area contributed by atoms with E-state index in [0.717, 1.165) is 24.5 Å². The molecule has 0 spiro atoms. The Bertz CT molecular complexity index is 193. The minimum Gasteiger partial charge on any atom is -0.314 e. The molecule has 0 aromatic heterocycles. The average Bonchev–Trinajstić information content (AvgIpc) is 2.74. The molecule has 0 bridgehead atoms. The van der Waals surface area contributed by atoms with Gasteiger partial charge in [0.25, 0.3) is 0 Å². The summed E-state index contributed by atoms with van der Waals surface area (Å²) in [5, 5.41) is 3.65. The Kier molecular flexibility index (Phi) is 7.14. The highest BCUT2D eigenvalue weighted by Gasteiger charge is 2.26. The monoisotopic (exact) mass is 240 g/mol. The Balaban J connectivity index is 2.24. The van der Waals surface area contributed by atoms with Gasteiger partial charge in [0.2, 0.25) is 0 Å². The third kappa shape index (κ3) is 4.97. The third-order valence-electron chi connectivity index (χ3n) is 4.44. The second-order valence-corrected chi connectivity index (χ2v) is 5.76. The van der Waals surface area contributed by atoms with Crippen LogP contribution in [0.25, 0.3) is 0 Å². The molecule has 1 saturated carbocycles. The Morgan fingerprint density at radius 3 is 2.71 bits per heavy atom. The predicted molar refractivity (Wildman–Crippen MR) is 76.4 cm³/mol. The van der Waals surface area contributed by atoms with Crippen LogP contribution in [0.3, 0.4) is 0 Å². The second kappa shape index (κ2) is 8.10. The molecule has 1 aliphatic rings. The fourth-order valence-electron chi connectivity index (χ4n) is 3.14. The van der Waals surface area contributed by atoms with Crippen molar-refractivity contribution in [2.75, 3.05) is 20.1 Å². The summed E-state index contributed by atoms with van der Waals surface area (Å²) < 4.78 is 0. The zero-order valence-corrected chi connectivity index (χ0v) is 12.3. The molecule has 2 heteroatoms. The van der Waals surface area contributed by atoms with E-state index in [2.05, 4.69) is 38.0 Å². The van der Waals surface area contributed by atoms with E-state index in [-0.39, 0.29) is 0 Å². The van der Waals surface area contributed by atoms with Gasteiger partial charge in [-0.3, -0.25) is 0 Å². The summed E-state index contributed by atoms with van der Waals surface area (Å²) in [7, 11) is 2.29. The first-order valence-corrected chi connectivity index (χ1v) is 7.62. The summed E-state index contributed by atoms with van der Waals surface area (Å²) in [4.78, 5) is 2.55. The van der Waals surface area contributed by atoms with Crippen molar-refractivity contribution in [2.45, 2.75) is 71.4 Å². The van der Waals surface area contributed by atoms with Gasteiger partial charge in [-0.25, -0.2) is 0 Å². The molecule has 2 nitrogen and oxygen atoms in total. The number of hydrogen-bond acceptors (Lipinski definition) is 2. The lowest BCUT2D eigenvalue weighted by atomic mass is 9.98. The standard InChI is InChI=1S/C15H32N2/c1-5-8-13(3)17(4)12-11-14-9-7-10-15(14)16-6-2/h13-16H,5-12H2,1-4H3. The minimum atomic E-state index is 0.749. The van der Waals surface area contributed by atoms with Crippen molar-refractivity contribution in [3.63, 3.8) is 0 Å². The van der Waals surface area contributed by atoms with Gasteiger partial charge in [0.1, 0.15) is 0 Å². The van der Waals surface area contributed by atoms with Crippen molar-refractivity contribution in [3.8, 4) is 0 Å². The smallest absolute Gasteiger partial charge is 0.00956 e. The molecular formula is C15H32N2. The summed E-state index contributed by atoms with van der Waals surface area (Å²) in [6.45, 7) is 9.27. The minimum absolute atomic E-state index is 0.749. The van der Waals surface area contributed by atoms with Crippen molar-refractivity contribution in [1.82, 2.24) is 10.2 Å². The molecule has 3 atom stereocenters. The lowest BCUT2D eigenvalue weighted by Crippen LogP contribution is -2.36. The van der Waals surface area contributed by atoms with Crippen LogP contribution in [0.15, 0.2) is 0 Å². The normalized spacial score (nSPS) is 26.6. The molecular weight excluding hydrogens is 208 g/mol. The first-order chi connectivity index (χ1) is 8.19. The summed E-state index contributed by atoms with van der Waals surface area (Å²) in [5.74, 6) is 0.922. The number of rotatable bonds is 8. The van der Waals surface area contributed by atoms with E-state index in [1.807, 2.05) is 0 Å². The first-order valence-electron chi connectivity index (χ1n) is 7.62. The van der Waals surface area contributed by atoms with Crippen LogP contribution >= 0.6 is 0 Å². The van der Waals surface area contributed by atoms with Gasteiger partial charge in [-0.1, -0.05) is 26.7 Å². The summed E-state index contributed by atoms with van der Waals surface area (Å²) in [6, 6.07) is 1.55. The van der Waals surface area contributed by atoms with E-state index in [0.29, 0.717) is 0 Å². The molecule has 1 N–H and O–H groups in total. The Hall–Kier alpha value is -0.0800. The van der Waals surface area contributed by atoms with Gasteiger partial charge in [0.15, 0.2) is 0 Å². The SMILES string of the molecule is CCCC(C)N(C)CCC1CCCC1NCC. The van der Waals surface area contributed by atoms with Crippen LogP contribution < -0.4 is 5.32 Å². The van der Waals surface area contributed by atoms with Crippen molar-refractivity contribution in [1.29, 1.82) is 0 Å². The molecule has 0 aliphatic heterocycles. The molecule has 1 fully saturated rings. The first kappa shape index (κ1) is 15.0. The molecule has 3 unspecified atom stereocenters. The summed E-state index contributed by atoms with van der Waals surface area (Å²) >= 11 is 0. The van der Waals surface area contributed by atoms with Crippen LogP contribution in [0.1, 0.15) is 59.3 Å². The highest BCUT2D eigenvalue weighted by Crippen LogP contribution is 2.28. The van der Waals surface area contributed by atoms with Crippen LogP contribution in [0.2, 0.25) is 0 Å². The lowest BCUT2D eigenvalue weighted by molar-refractivity contribution is 0.219. The molecule has 0 saturated heterocycles. The van der Waals surface area contributed by atoms with E-state index in [4.69, 9.17) is 0 Å². The van der Waals surface area contributed by atoms with E-state index in [1.54, 1.807) is 0 Å². The third-order valence-corrected chi connectivity index (χ3v) is 4.44. The zero-order chi connectivity index (χ0) is 12.7. The molecule has 0 amide bonds. The summed E-state index contributed by atoms with van der Waals surface area (Å²) in [6.07, 6.45) is 8.27. The number of hydrogen-bond donors (Lipinski definition) is 1. The molecule has 0 aromatic carbocycles. The van der Waals surface area contributed by atoms with Gasteiger partial charge in [-0.2, -0.15) is 0 Å². The maximum absolute atomic E-state index is 3.65. The molecule has 1 rings (SSSR count). The molecule has 102 valence electrons. The predicted octanol–water partition coefficient (Wildman–Crippen LogP) is 3.28. The second-order valence-electron chi connectivity index (χ2n) is 5.76. The van der Waals surface area contributed by atoms with Gasteiger partial charge in [-0.05, 0) is 58.7 Å². The van der Waals surface area contributed by atoms with Crippen molar-refractivity contribution < 1.29 is 0 Å². The van der Waals surface area contributed by atoms with E-state index < -0.39 is 0 Å². The highest BCUT2D eigenvalue weighted by molar-refractivity contribution is 4.83. The maximum Gasteiger partial charge on any atom is 0.00956 e. The van der Waals surface area contributed by atoms with Crippen LogP contribution in [-0.4, -0.2) is 37.1 Å². The maximum atomic E-state index is 3.65. The van der Waals surface area contributed by atoms with Gasteiger partial charge < -0.3 is 10.2 Å². The van der Waals surface area contributed by atoms with Crippen molar-refractivity contribution >= 4 is 0 Å². The molecule has 17 heavy (non-hydrogen) atoms. The number of nitrogens with zero attached hydrogens (tertiary/aromatic N) is 1. The largest absolute Gasteiger partial charge is 0.314 e. The van der Waals surface area contributed by atoms with E-state index in [9.17, 15) is 0 Å². The van der Waals surface area contributed by atoms with Gasteiger partial charge in [0.05, 0.1) is 0 Å². The van der Waals surface area contributed by atoms with Gasteiger partial charge in [0, 0.05) is 12.1 Å². The van der Waals surface area contributed by atoms with Gasteiger partial charge in [-0.15, -0.1) is 0 Å².